The van der Waals surface area contributed by atoms with E-state index < -0.39 is 25.9 Å². The number of likely N-dealkylation sites (tertiary alicyclic amines) is 2. The van der Waals surface area contributed by atoms with E-state index in [1.165, 1.54) is 6.07 Å². The zero-order valence-corrected chi connectivity index (χ0v) is 20.4. The van der Waals surface area contributed by atoms with Crippen molar-refractivity contribution >= 4 is 21.8 Å². The molecule has 1 aromatic rings. The van der Waals surface area contributed by atoms with Gasteiger partial charge in [0.05, 0.1) is 17.5 Å². The summed E-state index contributed by atoms with van der Waals surface area (Å²) in [4.78, 5) is 27.5. The first-order valence-corrected chi connectivity index (χ1v) is 13.4. The van der Waals surface area contributed by atoms with E-state index in [4.69, 9.17) is 10.5 Å². The van der Waals surface area contributed by atoms with Crippen LogP contribution in [-0.4, -0.2) is 80.2 Å². The Labute approximate surface area is 207 Å². The van der Waals surface area contributed by atoms with Gasteiger partial charge in [-0.1, -0.05) is 12.1 Å². The molecule has 3 N–H and O–H groups in total. The summed E-state index contributed by atoms with van der Waals surface area (Å²) >= 11 is 0. The molecule has 3 atom stereocenters. The van der Waals surface area contributed by atoms with Crippen LogP contribution >= 0.6 is 0 Å². The van der Waals surface area contributed by atoms with E-state index in [-0.39, 0.29) is 42.5 Å². The SMILES string of the molecule is N[C@@]12CN(C(=O)N3CC4(CC[C@H](Cc5cccc(S(=O)(=O)C(F)(F)F)c5)C4)C3)CCC1OCC(=O)N2. The number of halogens is 3. The first-order valence-electron chi connectivity index (χ1n) is 12.0. The van der Waals surface area contributed by atoms with Crippen LogP contribution in [0.25, 0.3) is 0 Å². The lowest BCUT2D eigenvalue weighted by Crippen LogP contribution is -2.76. The standard InChI is InChI=1S/C23H29F3N4O5S/c24-23(25,26)36(33,34)17-3-1-2-15(9-17)8-16-4-6-21(10-16)12-30(13-21)20(32)29-7-5-18-22(27,14-29)28-19(31)11-35-18/h1-3,9,16,18H,4-8,10-14,27H2,(H,28,31)/t16-,18?,22-/m1/s1. The van der Waals surface area contributed by atoms with Crippen molar-refractivity contribution in [2.45, 2.75) is 54.3 Å². The molecule has 1 unspecified atom stereocenters. The number of hydrogen-bond donors (Lipinski definition) is 2. The molecule has 4 fully saturated rings. The van der Waals surface area contributed by atoms with Crippen LogP contribution < -0.4 is 11.1 Å². The average Bonchev–Trinajstić information content (AvgIpc) is 3.20. The zero-order valence-electron chi connectivity index (χ0n) is 19.6. The van der Waals surface area contributed by atoms with Gasteiger partial charge in [-0.15, -0.1) is 0 Å². The van der Waals surface area contributed by atoms with Gasteiger partial charge in [0, 0.05) is 25.0 Å². The van der Waals surface area contributed by atoms with Gasteiger partial charge < -0.3 is 25.6 Å². The summed E-state index contributed by atoms with van der Waals surface area (Å²) in [5.74, 6) is -0.103. The summed E-state index contributed by atoms with van der Waals surface area (Å²) in [6.45, 7) is 1.80. The summed E-state index contributed by atoms with van der Waals surface area (Å²) in [5.41, 5.74) is 0.436. The molecule has 36 heavy (non-hydrogen) atoms. The van der Waals surface area contributed by atoms with Crippen molar-refractivity contribution in [1.82, 2.24) is 15.1 Å². The molecule has 3 heterocycles. The van der Waals surface area contributed by atoms with Gasteiger partial charge in [-0.05, 0) is 55.7 Å². The van der Waals surface area contributed by atoms with E-state index in [0.717, 1.165) is 31.4 Å². The van der Waals surface area contributed by atoms with E-state index in [1.54, 1.807) is 15.9 Å². The van der Waals surface area contributed by atoms with Crippen LogP contribution in [0.3, 0.4) is 0 Å². The second kappa shape index (κ2) is 8.59. The highest BCUT2D eigenvalue weighted by Crippen LogP contribution is 2.49. The lowest BCUT2D eigenvalue weighted by atomic mass is 9.77. The Hall–Kier alpha value is -2.38. The molecule has 1 spiro atoms. The largest absolute Gasteiger partial charge is 0.501 e. The highest BCUT2D eigenvalue weighted by atomic mass is 32.2. The third-order valence-electron chi connectivity index (χ3n) is 7.91. The summed E-state index contributed by atoms with van der Waals surface area (Å²) in [5, 5.41) is 2.75. The lowest BCUT2D eigenvalue weighted by molar-refractivity contribution is -0.149. The first kappa shape index (κ1) is 25.3. The van der Waals surface area contributed by atoms with Gasteiger partial charge in [0.15, 0.2) is 0 Å². The van der Waals surface area contributed by atoms with Gasteiger partial charge in [0.1, 0.15) is 12.3 Å². The molecular formula is C23H29F3N4O5S. The minimum Gasteiger partial charge on any atom is -0.364 e. The highest BCUT2D eigenvalue weighted by Gasteiger charge is 2.53. The number of nitrogens with one attached hydrogen (secondary N) is 1. The number of piperidine rings is 1. The van der Waals surface area contributed by atoms with Crippen LogP contribution in [0.1, 0.15) is 31.2 Å². The van der Waals surface area contributed by atoms with E-state index in [0.29, 0.717) is 38.0 Å². The fourth-order valence-corrected chi connectivity index (χ4v) is 7.04. The quantitative estimate of drug-likeness (QED) is 0.613. The third kappa shape index (κ3) is 4.45. The van der Waals surface area contributed by atoms with Crippen molar-refractivity contribution in [3.05, 3.63) is 29.8 Å². The zero-order chi connectivity index (χ0) is 25.9. The molecule has 13 heteroatoms. The number of carbonyl (C=O) groups excluding carboxylic acids is 2. The van der Waals surface area contributed by atoms with Gasteiger partial charge in [-0.3, -0.25) is 4.79 Å². The number of amides is 3. The number of nitrogens with two attached hydrogens (primary N) is 1. The molecule has 4 aliphatic rings. The van der Waals surface area contributed by atoms with Gasteiger partial charge in [-0.25, -0.2) is 13.2 Å². The van der Waals surface area contributed by atoms with E-state index in [2.05, 4.69) is 5.32 Å². The van der Waals surface area contributed by atoms with Crippen LogP contribution in [0.4, 0.5) is 18.0 Å². The van der Waals surface area contributed by atoms with Crippen LogP contribution in [-0.2, 0) is 25.8 Å². The van der Waals surface area contributed by atoms with Crippen molar-refractivity contribution in [2.75, 3.05) is 32.8 Å². The van der Waals surface area contributed by atoms with Crippen molar-refractivity contribution in [3.8, 4) is 0 Å². The van der Waals surface area contributed by atoms with Crippen molar-refractivity contribution < 1.29 is 35.9 Å². The smallest absolute Gasteiger partial charge is 0.364 e. The number of urea groups is 1. The van der Waals surface area contributed by atoms with E-state index in [9.17, 15) is 31.2 Å². The Kier molecular flexibility index (Phi) is 6.03. The topological polar surface area (TPSA) is 122 Å². The van der Waals surface area contributed by atoms with Crippen LogP contribution in [0.2, 0.25) is 0 Å². The molecule has 3 saturated heterocycles. The monoisotopic (exact) mass is 530 g/mol. The second-order valence-corrected chi connectivity index (χ2v) is 12.6. The van der Waals surface area contributed by atoms with Crippen LogP contribution in [0.15, 0.2) is 29.2 Å². The summed E-state index contributed by atoms with van der Waals surface area (Å²) in [6, 6.07) is 4.95. The van der Waals surface area contributed by atoms with Gasteiger partial charge in [0.25, 0.3) is 9.84 Å². The number of alkyl halides is 3. The molecule has 3 amide bonds. The minimum absolute atomic E-state index is 0.0309. The number of nitrogens with zero attached hydrogens (tertiary/aromatic N) is 2. The molecule has 198 valence electrons. The number of sulfone groups is 1. The highest BCUT2D eigenvalue weighted by molar-refractivity contribution is 7.92. The Morgan fingerprint density at radius 2 is 1.94 bits per heavy atom. The first-order chi connectivity index (χ1) is 16.8. The minimum atomic E-state index is -5.38. The molecule has 1 saturated carbocycles. The van der Waals surface area contributed by atoms with Crippen molar-refractivity contribution in [1.29, 1.82) is 0 Å². The molecule has 9 nitrogen and oxygen atoms in total. The van der Waals surface area contributed by atoms with Gasteiger partial charge >= 0.3 is 11.5 Å². The van der Waals surface area contributed by atoms with Gasteiger partial charge in [-0.2, -0.15) is 13.2 Å². The van der Waals surface area contributed by atoms with Crippen LogP contribution in [0, 0.1) is 11.3 Å². The number of hydrogen-bond acceptors (Lipinski definition) is 6. The van der Waals surface area contributed by atoms with E-state index >= 15 is 0 Å². The number of morpholine rings is 1. The lowest BCUT2D eigenvalue weighted by Gasteiger charge is -2.53. The summed E-state index contributed by atoms with van der Waals surface area (Å²) in [7, 11) is -5.38. The van der Waals surface area contributed by atoms with Gasteiger partial charge in [0.2, 0.25) is 5.91 Å². The molecule has 0 bridgehead atoms. The number of fused-ring (bicyclic) bond motifs is 1. The molecule has 1 aliphatic carbocycles. The molecule has 5 rings (SSSR count). The maximum Gasteiger partial charge on any atom is 0.501 e. The summed E-state index contributed by atoms with van der Waals surface area (Å²) in [6.07, 6.45) is 3.27. The number of carbonyl (C=O) groups is 2. The Morgan fingerprint density at radius 3 is 2.67 bits per heavy atom. The number of benzene rings is 1. The maximum absolute atomic E-state index is 13.1. The number of ether oxygens (including phenoxy) is 1. The Morgan fingerprint density at radius 1 is 1.19 bits per heavy atom. The molecule has 3 aliphatic heterocycles. The fraction of sp³-hybridized carbons (Fsp3) is 0.652. The predicted octanol–water partition coefficient (Wildman–Crippen LogP) is 1.62. The number of rotatable bonds is 3. The van der Waals surface area contributed by atoms with Crippen molar-refractivity contribution in [2.24, 2.45) is 17.1 Å². The molecular weight excluding hydrogens is 501 g/mol. The maximum atomic E-state index is 13.1. The van der Waals surface area contributed by atoms with Crippen LogP contribution in [0.5, 0.6) is 0 Å². The Balaban J connectivity index is 1.16. The molecule has 1 aromatic carbocycles. The predicted molar refractivity (Wildman–Crippen MR) is 121 cm³/mol. The Bertz CT molecular complexity index is 1170. The normalized spacial score (nSPS) is 30.1. The van der Waals surface area contributed by atoms with Crippen molar-refractivity contribution in [3.63, 3.8) is 0 Å². The average molecular weight is 531 g/mol. The third-order valence-corrected chi connectivity index (χ3v) is 9.40. The fourth-order valence-electron chi connectivity index (χ4n) is 6.21. The second-order valence-electron chi connectivity index (χ2n) is 10.6. The molecule has 0 radical (unpaired) electrons. The summed E-state index contributed by atoms with van der Waals surface area (Å²) < 4.78 is 67.8. The van der Waals surface area contributed by atoms with E-state index in [1.807, 2.05) is 0 Å². The molecule has 0 aromatic heterocycles.